The van der Waals surface area contributed by atoms with Gasteiger partial charge in [0, 0.05) is 12.5 Å². The Morgan fingerprint density at radius 2 is 2.12 bits per heavy atom. The van der Waals surface area contributed by atoms with Gasteiger partial charge in [0.15, 0.2) is 18.3 Å². The number of epoxide rings is 1. The largest absolute Gasteiger partial charge is 0.378 e. The summed E-state index contributed by atoms with van der Waals surface area (Å²) in [6.07, 6.45) is 0.343. The number of Topliss-reactive ketones (excluding diaryl/α,β-unsaturated/α-hetero) is 1. The summed E-state index contributed by atoms with van der Waals surface area (Å²) in [5.41, 5.74) is -0.214. The summed E-state index contributed by atoms with van der Waals surface area (Å²) in [5.74, 6) is 0.275. The molecular formula is C12H19NO4. The highest BCUT2D eigenvalue weighted by Gasteiger charge is 2.57. The fraction of sp³-hybridized carbons (Fsp3) is 0.917. The van der Waals surface area contributed by atoms with E-state index in [1.54, 1.807) is 0 Å². The molecular weight excluding hydrogens is 222 g/mol. The van der Waals surface area contributed by atoms with Gasteiger partial charge in [-0.3, -0.25) is 9.69 Å². The van der Waals surface area contributed by atoms with E-state index in [0.717, 1.165) is 0 Å². The smallest absolute Gasteiger partial charge is 0.200 e. The molecule has 3 rings (SSSR count). The first-order valence-corrected chi connectivity index (χ1v) is 6.17. The van der Waals surface area contributed by atoms with E-state index in [-0.39, 0.29) is 36.0 Å². The Kier molecular flexibility index (Phi) is 2.56. The fourth-order valence-electron chi connectivity index (χ4n) is 2.66. The normalized spacial score (nSPS) is 41.9. The molecule has 0 amide bonds. The molecule has 0 aliphatic carbocycles. The van der Waals surface area contributed by atoms with Crippen LogP contribution in [-0.2, 0) is 19.0 Å². The van der Waals surface area contributed by atoms with Gasteiger partial charge in [0.2, 0.25) is 0 Å². The number of hydrogen-bond acceptors (Lipinski definition) is 5. The Balaban J connectivity index is 1.65. The van der Waals surface area contributed by atoms with Gasteiger partial charge < -0.3 is 14.2 Å². The maximum Gasteiger partial charge on any atom is 0.200 e. The molecule has 17 heavy (non-hydrogen) atoms. The number of nitrogens with zero attached hydrogens (tertiary/aromatic N) is 1. The molecule has 5 heteroatoms. The van der Waals surface area contributed by atoms with E-state index >= 15 is 0 Å². The topological polar surface area (TPSA) is 51.3 Å². The third-order valence-electron chi connectivity index (χ3n) is 3.37. The van der Waals surface area contributed by atoms with Crippen LogP contribution in [0.1, 0.15) is 27.2 Å². The predicted octanol–water partition coefficient (Wildman–Crippen LogP) is 0.526. The lowest BCUT2D eigenvalue weighted by Gasteiger charge is -2.32. The lowest BCUT2D eigenvalue weighted by molar-refractivity contribution is -0.123. The Labute approximate surface area is 101 Å². The van der Waals surface area contributed by atoms with Gasteiger partial charge in [-0.1, -0.05) is 0 Å². The maximum absolute atomic E-state index is 11.8. The van der Waals surface area contributed by atoms with Crippen LogP contribution in [0.2, 0.25) is 0 Å². The van der Waals surface area contributed by atoms with E-state index < -0.39 is 0 Å². The molecule has 3 aliphatic rings. The molecule has 4 atom stereocenters. The van der Waals surface area contributed by atoms with E-state index in [4.69, 9.17) is 14.2 Å². The van der Waals surface area contributed by atoms with Crippen molar-refractivity contribution in [2.75, 3.05) is 13.2 Å². The van der Waals surface area contributed by atoms with E-state index in [2.05, 4.69) is 4.90 Å². The molecule has 0 spiro atoms. The van der Waals surface area contributed by atoms with Gasteiger partial charge in [-0.05, 0) is 20.8 Å². The van der Waals surface area contributed by atoms with Crippen molar-refractivity contribution in [1.29, 1.82) is 0 Å². The summed E-state index contributed by atoms with van der Waals surface area (Å²) in [6, 6.07) is 0.0622. The number of hydrogen-bond donors (Lipinski definition) is 0. The van der Waals surface area contributed by atoms with Gasteiger partial charge in [-0.15, -0.1) is 0 Å². The minimum Gasteiger partial charge on any atom is -0.378 e. The maximum atomic E-state index is 11.8. The Morgan fingerprint density at radius 3 is 2.76 bits per heavy atom. The van der Waals surface area contributed by atoms with Gasteiger partial charge >= 0.3 is 0 Å². The predicted molar refractivity (Wildman–Crippen MR) is 59.4 cm³/mol. The lowest BCUT2D eigenvalue weighted by atomic mass is 10.2. The Morgan fingerprint density at radius 1 is 1.35 bits per heavy atom. The van der Waals surface area contributed by atoms with Gasteiger partial charge in [-0.25, -0.2) is 0 Å². The number of ketones is 1. The molecule has 2 bridgehead atoms. The number of ether oxygens (including phenoxy) is 3. The van der Waals surface area contributed by atoms with Crippen LogP contribution >= 0.6 is 0 Å². The molecule has 0 aromatic carbocycles. The molecule has 3 saturated heterocycles. The summed E-state index contributed by atoms with van der Waals surface area (Å²) in [6.45, 7) is 7.14. The zero-order valence-electron chi connectivity index (χ0n) is 10.5. The molecule has 3 heterocycles. The van der Waals surface area contributed by atoms with Crippen molar-refractivity contribution in [3.8, 4) is 0 Å². The molecule has 3 aliphatic heterocycles. The zero-order chi connectivity index (χ0) is 12.2. The average molecular weight is 241 g/mol. The molecule has 5 nitrogen and oxygen atoms in total. The molecule has 0 radical (unpaired) electrons. The van der Waals surface area contributed by atoms with Gasteiger partial charge in [0.1, 0.15) is 0 Å². The molecule has 0 N–H and O–H groups in total. The number of carbonyl (C=O) groups excluding carboxylic acids is 1. The standard InChI is InChI=1S/C12H19NO4/c1-12(2,3)17-11-10(16-11)13-7-4-9(14)8(13)6-15-5-7/h7-8,10-11H,4-6H2,1-3H3. The fourth-order valence-corrected chi connectivity index (χ4v) is 2.66. The minimum absolute atomic E-state index is 0.0559. The number of carbonyl (C=O) groups is 1. The lowest BCUT2D eigenvalue weighted by Crippen LogP contribution is -2.49. The van der Waals surface area contributed by atoms with E-state index in [1.165, 1.54) is 0 Å². The third-order valence-corrected chi connectivity index (χ3v) is 3.37. The van der Waals surface area contributed by atoms with Gasteiger partial charge in [0.25, 0.3) is 0 Å². The second-order valence-electron chi connectivity index (χ2n) is 5.95. The minimum atomic E-state index is -0.214. The van der Waals surface area contributed by atoms with Crippen LogP contribution in [-0.4, -0.2) is 54.1 Å². The first kappa shape index (κ1) is 11.6. The Bertz CT molecular complexity index is 338. The molecule has 0 aromatic heterocycles. The second-order valence-corrected chi connectivity index (χ2v) is 5.95. The van der Waals surface area contributed by atoms with Crippen molar-refractivity contribution in [3.05, 3.63) is 0 Å². The van der Waals surface area contributed by atoms with Crippen LogP contribution in [0.25, 0.3) is 0 Å². The monoisotopic (exact) mass is 241 g/mol. The summed E-state index contributed by atoms with van der Waals surface area (Å²) in [5, 5.41) is 0. The first-order valence-electron chi connectivity index (χ1n) is 6.17. The van der Waals surface area contributed by atoms with Crippen LogP contribution < -0.4 is 0 Å². The van der Waals surface area contributed by atoms with Crippen molar-refractivity contribution >= 4 is 5.78 Å². The highest BCUT2D eigenvalue weighted by Crippen LogP contribution is 2.39. The van der Waals surface area contributed by atoms with Crippen molar-refractivity contribution in [2.45, 2.75) is 57.4 Å². The van der Waals surface area contributed by atoms with E-state index in [9.17, 15) is 4.79 Å². The third kappa shape index (κ3) is 2.12. The van der Waals surface area contributed by atoms with E-state index in [1.807, 2.05) is 20.8 Å². The number of rotatable bonds is 2. The SMILES string of the molecule is CC(C)(C)OC1OC1N1C2COCC1C(=O)C2. The van der Waals surface area contributed by atoms with Crippen LogP contribution in [0.4, 0.5) is 0 Å². The van der Waals surface area contributed by atoms with Crippen LogP contribution in [0.5, 0.6) is 0 Å². The summed E-state index contributed by atoms with van der Waals surface area (Å²) < 4.78 is 16.7. The summed E-state index contributed by atoms with van der Waals surface area (Å²) >= 11 is 0. The first-order chi connectivity index (χ1) is 7.96. The molecule has 0 saturated carbocycles. The van der Waals surface area contributed by atoms with Crippen LogP contribution in [0.3, 0.4) is 0 Å². The molecule has 4 unspecified atom stereocenters. The van der Waals surface area contributed by atoms with Crippen molar-refractivity contribution in [3.63, 3.8) is 0 Å². The quantitative estimate of drug-likeness (QED) is 0.660. The molecule has 96 valence electrons. The molecule has 0 aromatic rings. The van der Waals surface area contributed by atoms with Gasteiger partial charge in [-0.2, -0.15) is 0 Å². The average Bonchev–Trinajstić information content (AvgIpc) is 2.90. The second kappa shape index (κ2) is 3.75. The summed E-state index contributed by atoms with van der Waals surface area (Å²) in [4.78, 5) is 13.9. The van der Waals surface area contributed by atoms with Crippen molar-refractivity contribution in [2.24, 2.45) is 0 Å². The van der Waals surface area contributed by atoms with Crippen LogP contribution in [0.15, 0.2) is 0 Å². The van der Waals surface area contributed by atoms with Crippen LogP contribution in [0, 0.1) is 0 Å². The molecule has 3 fully saturated rings. The number of fused-ring (bicyclic) bond motifs is 2. The Hall–Kier alpha value is -0.490. The van der Waals surface area contributed by atoms with Crippen molar-refractivity contribution in [1.82, 2.24) is 4.90 Å². The highest BCUT2D eigenvalue weighted by atomic mass is 16.8. The zero-order valence-corrected chi connectivity index (χ0v) is 10.5. The number of morpholine rings is 1. The highest BCUT2D eigenvalue weighted by molar-refractivity contribution is 5.87. The summed E-state index contributed by atoms with van der Waals surface area (Å²) in [7, 11) is 0. The van der Waals surface area contributed by atoms with E-state index in [0.29, 0.717) is 19.6 Å². The van der Waals surface area contributed by atoms with Crippen molar-refractivity contribution < 1.29 is 19.0 Å². The van der Waals surface area contributed by atoms with Gasteiger partial charge in [0.05, 0.1) is 24.9 Å².